The van der Waals surface area contributed by atoms with Crippen LogP contribution in [0.15, 0.2) is 16.4 Å². The molecular weight excluding hydrogens is 170 g/mol. The fourth-order valence-electron chi connectivity index (χ4n) is 0.407. The maximum absolute atomic E-state index is 11.5. The van der Waals surface area contributed by atoms with E-state index < -0.39 is 6.55 Å². The molecule has 12 heavy (non-hydrogen) atoms. The maximum atomic E-state index is 11.5. The van der Waals surface area contributed by atoms with Gasteiger partial charge in [0.2, 0.25) is 0 Å². The molecule has 68 valence electrons. The van der Waals surface area contributed by atoms with Gasteiger partial charge in [-0.15, -0.1) is 0 Å². The molecule has 6 heteroatoms. The molecule has 0 atom stereocenters. The van der Waals surface area contributed by atoms with Crippen LogP contribution < -0.4 is 5.73 Å². The van der Waals surface area contributed by atoms with Gasteiger partial charge in [0.1, 0.15) is 0 Å². The Balaban J connectivity index is 4.47. The standard InChI is InChI=1S/C6H8F2N2O2/c1-12-5(9)4(3-11)2-10-6(7)8/h2-3,6H,9H2,1H3. The molecule has 0 fully saturated rings. The summed E-state index contributed by atoms with van der Waals surface area (Å²) in [5, 5.41) is 0. The Hall–Kier alpha value is -1.46. The normalized spacial score (nSPS) is 13.3. The van der Waals surface area contributed by atoms with Crippen molar-refractivity contribution < 1.29 is 18.3 Å². The van der Waals surface area contributed by atoms with Crippen LogP contribution in [0, 0.1) is 0 Å². The highest BCUT2D eigenvalue weighted by molar-refractivity contribution is 6.02. The van der Waals surface area contributed by atoms with E-state index in [0.29, 0.717) is 6.21 Å². The third-order valence-corrected chi connectivity index (χ3v) is 0.958. The van der Waals surface area contributed by atoms with Gasteiger partial charge in [0.15, 0.2) is 12.2 Å². The van der Waals surface area contributed by atoms with Gasteiger partial charge in [-0.1, -0.05) is 0 Å². The quantitative estimate of drug-likeness (QED) is 0.221. The summed E-state index contributed by atoms with van der Waals surface area (Å²) in [5.74, 6) is -0.241. The molecule has 0 aromatic rings. The number of carbonyl (C=O) groups is 1. The topological polar surface area (TPSA) is 64.7 Å². The fourth-order valence-corrected chi connectivity index (χ4v) is 0.407. The lowest BCUT2D eigenvalue weighted by Crippen LogP contribution is -2.07. The second-order valence-corrected chi connectivity index (χ2v) is 1.70. The van der Waals surface area contributed by atoms with Crippen molar-refractivity contribution in [3.05, 3.63) is 11.5 Å². The third kappa shape index (κ3) is 3.65. The lowest BCUT2D eigenvalue weighted by molar-refractivity contribution is -0.104. The number of hydrogen-bond acceptors (Lipinski definition) is 4. The van der Waals surface area contributed by atoms with Crippen LogP contribution in [0.1, 0.15) is 0 Å². The van der Waals surface area contributed by atoms with Crippen molar-refractivity contribution in [3.63, 3.8) is 0 Å². The zero-order valence-corrected chi connectivity index (χ0v) is 6.33. The molecule has 0 aromatic carbocycles. The smallest absolute Gasteiger partial charge is 0.331 e. The first-order valence-electron chi connectivity index (χ1n) is 2.92. The molecule has 0 bridgehead atoms. The molecule has 0 saturated heterocycles. The summed E-state index contributed by atoms with van der Waals surface area (Å²) < 4.78 is 27.4. The van der Waals surface area contributed by atoms with E-state index in [1.165, 1.54) is 7.11 Å². The van der Waals surface area contributed by atoms with Crippen LogP contribution in [0.25, 0.3) is 0 Å². The molecule has 0 amide bonds. The number of allylic oxidation sites excluding steroid dienone is 1. The minimum Gasteiger partial charge on any atom is -0.482 e. The summed E-state index contributed by atoms with van der Waals surface area (Å²) in [6, 6.07) is 0. The van der Waals surface area contributed by atoms with E-state index in [2.05, 4.69) is 9.73 Å². The number of halogens is 2. The predicted molar refractivity (Wildman–Crippen MR) is 38.8 cm³/mol. The monoisotopic (exact) mass is 178 g/mol. The molecule has 0 heterocycles. The molecule has 0 aromatic heterocycles. The summed E-state index contributed by atoms with van der Waals surface area (Å²) in [6.45, 7) is -2.86. The minimum absolute atomic E-state index is 0.210. The number of ether oxygens (including phenoxy) is 1. The van der Waals surface area contributed by atoms with Gasteiger partial charge in [-0.25, -0.2) is 4.99 Å². The van der Waals surface area contributed by atoms with Gasteiger partial charge in [-0.3, -0.25) is 4.79 Å². The van der Waals surface area contributed by atoms with Gasteiger partial charge < -0.3 is 10.5 Å². The minimum atomic E-state index is -2.86. The van der Waals surface area contributed by atoms with Crippen LogP contribution in [-0.2, 0) is 9.53 Å². The molecule has 0 spiro atoms. The number of rotatable bonds is 4. The number of aliphatic imine (C=N–C) groups is 1. The lowest BCUT2D eigenvalue weighted by atomic mass is 10.3. The van der Waals surface area contributed by atoms with Crippen LogP contribution in [0.4, 0.5) is 8.78 Å². The largest absolute Gasteiger partial charge is 0.482 e. The van der Waals surface area contributed by atoms with Gasteiger partial charge >= 0.3 is 6.55 Å². The lowest BCUT2D eigenvalue weighted by Gasteiger charge is -1.98. The molecule has 0 aliphatic heterocycles. The number of nitrogens with zero attached hydrogens (tertiary/aromatic N) is 1. The van der Waals surface area contributed by atoms with Crippen molar-refractivity contribution in [1.82, 2.24) is 0 Å². The average Bonchev–Trinajstić information content (AvgIpc) is 2.04. The highest BCUT2D eigenvalue weighted by atomic mass is 19.3. The van der Waals surface area contributed by atoms with Crippen LogP contribution >= 0.6 is 0 Å². The first kappa shape index (κ1) is 10.5. The highest BCUT2D eigenvalue weighted by Crippen LogP contribution is 1.97. The van der Waals surface area contributed by atoms with E-state index in [4.69, 9.17) is 5.73 Å². The molecule has 0 saturated carbocycles. The second kappa shape index (κ2) is 5.22. The Kier molecular flexibility index (Phi) is 4.59. The van der Waals surface area contributed by atoms with E-state index in [9.17, 15) is 13.6 Å². The van der Waals surface area contributed by atoms with Gasteiger partial charge in [0.25, 0.3) is 0 Å². The van der Waals surface area contributed by atoms with Crippen molar-refractivity contribution in [1.29, 1.82) is 0 Å². The third-order valence-electron chi connectivity index (χ3n) is 0.958. The Morgan fingerprint density at radius 3 is 2.58 bits per heavy atom. The maximum Gasteiger partial charge on any atom is 0.331 e. The molecule has 0 radical (unpaired) electrons. The zero-order chi connectivity index (χ0) is 9.56. The summed E-state index contributed by atoms with van der Waals surface area (Å²) in [5.41, 5.74) is 4.89. The molecular formula is C6H8F2N2O2. The number of methoxy groups -OCH3 is 1. The Morgan fingerprint density at radius 1 is 1.67 bits per heavy atom. The van der Waals surface area contributed by atoms with Crippen molar-refractivity contribution in [2.45, 2.75) is 6.55 Å². The number of carbonyl (C=O) groups excluding carboxylic acids is 1. The Bertz CT molecular complexity index is 214. The van der Waals surface area contributed by atoms with Crippen LogP contribution in [0.3, 0.4) is 0 Å². The fraction of sp³-hybridized carbons (Fsp3) is 0.333. The summed E-state index contributed by atoms with van der Waals surface area (Å²) in [6.07, 6.45) is 0.946. The molecule has 2 N–H and O–H groups in total. The van der Waals surface area contributed by atoms with Crippen LogP contribution in [0.5, 0.6) is 0 Å². The number of nitrogens with two attached hydrogens (primary N) is 1. The zero-order valence-electron chi connectivity index (χ0n) is 6.33. The number of alkyl halides is 2. The van der Waals surface area contributed by atoms with Crippen molar-refractivity contribution in [3.8, 4) is 0 Å². The van der Waals surface area contributed by atoms with Crippen molar-refractivity contribution in [2.24, 2.45) is 10.7 Å². The number of hydrogen-bond donors (Lipinski definition) is 1. The Morgan fingerprint density at radius 2 is 2.25 bits per heavy atom. The molecule has 0 aliphatic rings. The van der Waals surface area contributed by atoms with E-state index in [0.717, 1.165) is 0 Å². The second-order valence-electron chi connectivity index (χ2n) is 1.70. The summed E-state index contributed by atoms with van der Waals surface area (Å²) in [7, 11) is 1.22. The summed E-state index contributed by atoms with van der Waals surface area (Å²) >= 11 is 0. The molecule has 0 unspecified atom stereocenters. The van der Waals surface area contributed by atoms with Gasteiger partial charge in [-0.2, -0.15) is 8.78 Å². The molecule has 4 nitrogen and oxygen atoms in total. The molecule has 0 aliphatic carbocycles. The average molecular weight is 178 g/mol. The van der Waals surface area contributed by atoms with Crippen LogP contribution in [-0.4, -0.2) is 26.2 Å². The molecule has 0 rings (SSSR count). The SMILES string of the molecule is COC(N)=C(C=O)C=NC(F)F. The first-order valence-corrected chi connectivity index (χ1v) is 2.92. The van der Waals surface area contributed by atoms with E-state index >= 15 is 0 Å². The van der Waals surface area contributed by atoms with Crippen LogP contribution in [0.2, 0.25) is 0 Å². The van der Waals surface area contributed by atoms with E-state index in [1.54, 1.807) is 0 Å². The van der Waals surface area contributed by atoms with E-state index in [-0.39, 0.29) is 17.7 Å². The predicted octanol–water partition coefficient (Wildman–Crippen LogP) is 0.295. The Labute approximate surface area is 67.7 Å². The van der Waals surface area contributed by atoms with Crippen molar-refractivity contribution >= 4 is 12.5 Å². The first-order chi connectivity index (χ1) is 5.61. The van der Waals surface area contributed by atoms with Crippen molar-refractivity contribution in [2.75, 3.05) is 7.11 Å². The number of aldehydes is 1. The van der Waals surface area contributed by atoms with Gasteiger partial charge in [0, 0.05) is 6.21 Å². The highest BCUT2D eigenvalue weighted by Gasteiger charge is 2.01. The van der Waals surface area contributed by atoms with E-state index in [1.807, 2.05) is 0 Å². The van der Waals surface area contributed by atoms with Gasteiger partial charge in [0.05, 0.1) is 12.7 Å². The summed E-state index contributed by atoms with van der Waals surface area (Å²) in [4.78, 5) is 12.8. The van der Waals surface area contributed by atoms with Gasteiger partial charge in [-0.05, 0) is 0 Å².